The Hall–Kier alpha value is -3.74. The van der Waals surface area contributed by atoms with E-state index >= 15 is 0 Å². The SMILES string of the molecule is CC(=O)Nc1nc2ccc(Oc3cccc(NC(=O)C(F)(F)F)c3)c([N+](=O)[O-])c2s1. The van der Waals surface area contributed by atoms with Crippen LogP contribution in [0, 0.1) is 10.1 Å². The summed E-state index contributed by atoms with van der Waals surface area (Å²) in [7, 11) is 0. The van der Waals surface area contributed by atoms with Crippen LogP contribution in [-0.4, -0.2) is 27.9 Å². The number of ether oxygens (including phenoxy) is 1. The van der Waals surface area contributed by atoms with Crippen molar-refractivity contribution < 1.29 is 32.4 Å². The summed E-state index contributed by atoms with van der Waals surface area (Å²) in [5.74, 6) is -2.79. The molecule has 0 bridgehead atoms. The fourth-order valence-electron chi connectivity index (χ4n) is 2.39. The molecule has 2 amide bonds. The van der Waals surface area contributed by atoms with Gasteiger partial charge < -0.3 is 15.4 Å². The third-order valence-electron chi connectivity index (χ3n) is 3.54. The van der Waals surface area contributed by atoms with Crippen LogP contribution in [0.15, 0.2) is 36.4 Å². The molecule has 0 unspecified atom stereocenters. The minimum absolute atomic E-state index is 0.0379. The molecule has 3 aromatic rings. The number of alkyl halides is 3. The topological polar surface area (TPSA) is 123 Å². The van der Waals surface area contributed by atoms with E-state index in [1.54, 1.807) is 5.32 Å². The number of rotatable bonds is 5. The second kappa shape index (κ2) is 7.94. The Labute approximate surface area is 169 Å². The normalized spacial score (nSPS) is 11.2. The molecule has 0 aliphatic carbocycles. The van der Waals surface area contributed by atoms with Gasteiger partial charge in [0, 0.05) is 18.7 Å². The number of halogens is 3. The number of thiazole rings is 1. The molecule has 0 aliphatic rings. The number of anilines is 2. The van der Waals surface area contributed by atoms with E-state index < -0.39 is 28.6 Å². The van der Waals surface area contributed by atoms with Gasteiger partial charge in [0.1, 0.15) is 10.4 Å². The molecule has 0 atom stereocenters. The van der Waals surface area contributed by atoms with Gasteiger partial charge in [0.25, 0.3) is 0 Å². The molecular weight excluding hydrogens is 429 g/mol. The average molecular weight is 440 g/mol. The van der Waals surface area contributed by atoms with Gasteiger partial charge in [-0.1, -0.05) is 17.4 Å². The third-order valence-corrected chi connectivity index (χ3v) is 4.53. The first-order chi connectivity index (χ1) is 14.0. The zero-order valence-electron chi connectivity index (χ0n) is 14.9. The first-order valence-corrected chi connectivity index (χ1v) is 8.88. The van der Waals surface area contributed by atoms with Crippen LogP contribution in [0.5, 0.6) is 11.5 Å². The third kappa shape index (κ3) is 4.63. The van der Waals surface area contributed by atoms with Crippen molar-refractivity contribution in [1.29, 1.82) is 0 Å². The number of carbonyl (C=O) groups is 2. The highest BCUT2D eigenvalue weighted by Gasteiger charge is 2.38. The molecule has 1 aromatic heterocycles. The maximum absolute atomic E-state index is 12.4. The Bertz CT molecular complexity index is 1160. The Morgan fingerprint density at radius 1 is 1.20 bits per heavy atom. The van der Waals surface area contributed by atoms with Gasteiger partial charge in [-0.3, -0.25) is 19.7 Å². The molecule has 3 rings (SSSR count). The lowest BCUT2D eigenvalue weighted by Gasteiger charge is -2.10. The van der Waals surface area contributed by atoms with Crippen molar-refractivity contribution in [3.63, 3.8) is 0 Å². The van der Waals surface area contributed by atoms with E-state index in [2.05, 4.69) is 10.3 Å². The lowest BCUT2D eigenvalue weighted by atomic mass is 10.2. The standard InChI is InChI=1S/C17H11F3N4O5S/c1-8(25)21-16-23-11-5-6-12(13(24(27)28)14(11)30-16)29-10-4-2-3-9(7-10)22-15(26)17(18,19)20/h2-7H,1H3,(H,22,26)(H,21,23,25). The number of fused-ring (bicyclic) bond motifs is 1. The van der Waals surface area contributed by atoms with Crippen LogP contribution in [0.3, 0.4) is 0 Å². The fourth-order valence-corrected chi connectivity index (χ4v) is 3.41. The van der Waals surface area contributed by atoms with Crippen molar-refractivity contribution in [1.82, 2.24) is 4.98 Å². The summed E-state index contributed by atoms with van der Waals surface area (Å²) in [4.78, 5) is 37.3. The van der Waals surface area contributed by atoms with E-state index in [1.807, 2.05) is 0 Å². The molecule has 9 nitrogen and oxygen atoms in total. The van der Waals surface area contributed by atoms with Crippen molar-refractivity contribution in [2.24, 2.45) is 0 Å². The van der Waals surface area contributed by atoms with E-state index in [0.717, 1.165) is 17.4 Å². The predicted molar refractivity (Wildman–Crippen MR) is 102 cm³/mol. The van der Waals surface area contributed by atoms with Crippen LogP contribution < -0.4 is 15.4 Å². The van der Waals surface area contributed by atoms with Crippen LogP contribution in [0.25, 0.3) is 10.2 Å². The summed E-state index contributed by atoms with van der Waals surface area (Å²) in [6.07, 6.45) is -5.07. The monoisotopic (exact) mass is 440 g/mol. The number of carbonyl (C=O) groups excluding carboxylic acids is 2. The van der Waals surface area contributed by atoms with Crippen LogP contribution >= 0.6 is 11.3 Å². The highest BCUT2D eigenvalue weighted by Crippen LogP contribution is 2.42. The number of nitro benzene ring substituents is 1. The van der Waals surface area contributed by atoms with Crippen LogP contribution in [0.1, 0.15) is 6.92 Å². The Kier molecular flexibility index (Phi) is 5.56. The first kappa shape index (κ1) is 21.0. The summed E-state index contributed by atoms with van der Waals surface area (Å²) in [5.41, 5.74) is -0.371. The molecular formula is C17H11F3N4O5S. The van der Waals surface area contributed by atoms with Crippen molar-refractivity contribution in [2.45, 2.75) is 13.1 Å². The number of aromatic nitrogens is 1. The van der Waals surface area contributed by atoms with E-state index in [1.165, 1.54) is 37.3 Å². The maximum atomic E-state index is 12.4. The van der Waals surface area contributed by atoms with Crippen molar-refractivity contribution in [2.75, 3.05) is 10.6 Å². The van der Waals surface area contributed by atoms with E-state index in [4.69, 9.17) is 4.74 Å². The Balaban J connectivity index is 1.94. The predicted octanol–water partition coefficient (Wildman–Crippen LogP) is 4.46. The van der Waals surface area contributed by atoms with Crippen molar-refractivity contribution in [3.8, 4) is 11.5 Å². The van der Waals surface area contributed by atoms with Gasteiger partial charge in [0.05, 0.1) is 10.4 Å². The summed E-state index contributed by atoms with van der Waals surface area (Å²) in [6, 6.07) is 7.68. The van der Waals surface area contributed by atoms with Crippen LogP contribution in [-0.2, 0) is 9.59 Å². The van der Waals surface area contributed by atoms with Gasteiger partial charge in [-0.15, -0.1) is 0 Å². The highest BCUT2D eigenvalue weighted by molar-refractivity contribution is 7.22. The van der Waals surface area contributed by atoms with Gasteiger partial charge in [-0.2, -0.15) is 13.2 Å². The molecule has 13 heteroatoms. The van der Waals surface area contributed by atoms with E-state index in [9.17, 15) is 32.9 Å². The smallest absolute Gasteiger partial charge is 0.450 e. The number of nitrogens with zero attached hydrogens (tertiary/aromatic N) is 2. The zero-order chi connectivity index (χ0) is 22.1. The molecule has 156 valence electrons. The van der Waals surface area contributed by atoms with E-state index in [-0.39, 0.29) is 32.5 Å². The molecule has 30 heavy (non-hydrogen) atoms. The van der Waals surface area contributed by atoms with Gasteiger partial charge in [-0.05, 0) is 24.3 Å². The number of hydrogen-bond acceptors (Lipinski definition) is 7. The summed E-state index contributed by atoms with van der Waals surface area (Å²) in [5, 5.41) is 15.9. The minimum Gasteiger partial charge on any atom is -0.450 e. The molecule has 0 fully saturated rings. The van der Waals surface area contributed by atoms with Crippen LogP contribution in [0.2, 0.25) is 0 Å². The number of nitro groups is 1. The van der Waals surface area contributed by atoms with Gasteiger partial charge in [0.2, 0.25) is 11.7 Å². The summed E-state index contributed by atoms with van der Waals surface area (Å²) < 4.78 is 42.8. The second-order valence-corrected chi connectivity index (χ2v) is 6.80. The lowest BCUT2D eigenvalue weighted by molar-refractivity contribution is -0.383. The number of benzene rings is 2. The first-order valence-electron chi connectivity index (χ1n) is 8.06. The molecule has 0 spiro atoms. The quantitative estimate of drug-likeness (QED) is 0.446. The van der Waals surface area contributed by atoms with Crippen LogP contribution in [0.4, 0.5) is 29.7 Å². The summed E-state index contributed by atoms with van der Waals surface area (Å²) in [6.45, 7) is 1.26. The summed E-state index contributed by atoms with van der Waals surface area (Å²) >= 11 is 0.873. The van der Waals surface area contributed by atoms with Gasteiger partial charge in [0.15, 0.2) is 5.13 Å². The van der Waals surface area contributed by atoms with E-state index in [0.29, 0.717) is 0 Å². The fraction of sp³-hybridized carbons (Fsp3) is 0.118. The number of hydrogen-bond donors (Lipinski definition) is 2. The molecule has 0 radical (unpaired) electrons. The molecule has 2 aromatic carbocycles. The van der Waals surface area contributed by atoms with Gasteiger partial charge >= 0.3 is 17.8 Å². The minimum atomic E-state index is -5.07. The average Bonchev–Trinajstić information content (AvgIpc) is 3.02. The molecule has 0 aliphatic heterocycles. The lowest BCUT2D eigenvalue weighted by Crippen LogP contribution is -2.29. The van der Waals surface area contributed by atoms with Crippen molar-refractivity contribution in [3.05, 3.63) is 46.5 Å². The van der Waals surface area contributed by atoms with Gasteiger partial charge in [-0.25, -0.2) is 4.98 Å². The number of amides is 2. The largest absolute Gasteiger partial charge is 0.471 e. The molecule has 1 heterocycles. The van der Waals surface area contributed by atoms with Crippen molar-refractivity contribution >= 4 is 49.9 Å². The zero-order valence-corrected chi connectivity index (χ0v) is 15.8. The Morgan fingerprint density at radius 2 is 1.93 bits per heavy atom. The second-order valence-electron chi connectivity index (χ2n) is 5.80. The molecule has 0 saturated heterocycles. The highest BCUT2D eigenvalue weighted by atomic mass is 32.1. The molecule has 0 saturated carbocycles. The molecule has 2 N–H and O–H groups in total. The Morgan fingerprint density at radius 3 is 2.57 bits per heavy atom. The maximum Gasteiger partial charge on any atom is 0.471 e. The number of nitrogens with one attached hydrogen (secondary N) is 2.